The van der Waals surface area contributed by atoms with Gasteiger partial charge in [-0.05, 0) is 34.7 Å². The minimum atomic E-state index is -0.983. The molecular weight excluding hydrogens is 325 g/mol. The number of nitrogens with zero attached hydrogens (tertiary/aromatic N) is 1. The van der Waals surface area contributed by atoms with Crippen LogP contribution in [-0.2, 0) is 0 Å². The lowest BCUT2D eigenvalue weighted by Crippen LogP contribution is -1.95. The van der Waals surface area contributed by atoms with E-state index in [0.29, 0.717) is 0 Å². The molecule has 76 valence electrons. The Morgan fingerprint density at radius 3 is 2.87 bits per heavy atom. The molecule has 5 heteroatoms. The lowest BCUT2D eigenvalue weighted by atomic mass is 10.2. The maximum Gasteiger partial charge on any atom is 0.355 e. The van der Waals surface area contributed by atoms with E-state index in [-0.39, 0.29) is 5.69 Å². The number of benzene rings is 1. The summed E-state index contributed by atoms with van der Waals surface area (Å²) in [5.41, 5.74) is 1.06. The van der Waals surface area contributed by atoms with Gasteiger partial charge in [0.15, 0.2) is 5.69 Å². The predicted octanol–water partition coefficient (Wildman–Crippen LogP) is 3.11. The molecule has 0 saturated carbocycles. The smallest absolute Gasteiger partial charge is 0.355 e. The fourth-order valence-electron chi connectivity index (χ4n) is 1.13. The van der Waals surface area contributed by atoms with Gasteiger partial charge in [-0.2, -0.15) is 0 Å². The Kier molecular flexibility index (Phi) is 3.01. The van der Waals surface area contributed by atoms with Crippen LogP contribution in [0.3, 0.4) is 0 Å². The van der Waals surface area contributed by atoms with Gasteiger partial charge in [-0.3, -0.25) is 0 Å². The quantitative estimate of drug-likeness (QED) is 0.861. The first kappa shape index (κ1) is 10.6. The minimum absolute atomic E-state index is 0.105. The number of hydrogen-bond acceptors (Lipinski definition) is 3. The van der Waals surface area contributed by atoms with E-state index < -0.39 is 5.97 Å². The van der Waals surface area contributed by atoms with Gasteiger partial charge in [0.2, 0.25) is 0 Å². The third kappa shape index (κ3) is 2.35. The Bertz CT molecular complexity index is 510. The molecule has 1 heterocycles. The Hall–Kier alpha value is -0.950. The zero-order chi connectivity index (χ0) is 10.8. The van der Waals surface area contributed by atoms with E-state index in [1.54, 1.807) is 5.38 Å². The summed E-state index contributed by atoms with van der Waals surface area (Å²) in [6.45, 7) is 0. The molecule has 1 aromatic carbocycles. The van der Waals surface area contributed by atoms with Crippen molar-refractivity contribution in [3.8, 4) is 10.6 Å². The fraction of sp³-hybridized carbons (Fsp3) is 0. The number of rotatable bonds is 2. The van der Waals surface area contributed by atoms with Crippen molar-refractivity contribution in [3.05, 3.63) is 38.9 Å². The van der Waals surface area contributed by atoms with Crippen LogP contribution in [0.15, 0.2) is 29.6 Å². The Labute approximate surface area is 104 Å². The number of halogens is 1. The molecule has 1 N–H and O–H groups in total. The number of thiazole rings is 1. The molecule has 0 bridgehead atoms. The van der Waals surface area contributed by atoms with Crippen molar-refractivity contribution in [2.45, 2.75) is 0 Å². The van der Waals surface area contributed by atoms with Gasteiger partial charge in [-0.15, -0.1) is 11.3 Å². The van der Waals surface area contributed by atoms with Crippen LogP contribution in [0.1, 0.15) is 10.5 Å². The molecule has 2 rings (SSSR count). The topological polar surface area (TPSA) is 50.2 Å². The van der Waals surface area contributed by atoms with Crippen LogP contribution >= 0.6 is 33.9 Å². The molecule has 0 unspecified atom stereocenters. The zero-order valence-electron chi connectivity index (χ0n) is 7.48. The summed E-state index contributed by atoms with van der Waals surface area (Å²) in [4.78, 5) is 14.7. The number of aromatic nitrogens is 1. The average molecular weight is 331 g/mol. The highest BCUT2D eigenvalue weighted by molar-refractivity contribution is 14.1. The molecule has 2 aromatic rings. The summed E-state index contributed by atoms with van der Waals surface area (Å²) in [5.74, 6) is -0.983. The van der Waals surface area contributed by atoms with Crippen LogP contribution in [0.4, 0.5) is 0 Å². The molecule has 0 spiro atoms. The Balaban J connectivity index is 2.41. The third-order valence-electron chi connectivity index (χ3n) is 1.79. The van der Waals surface area contributed by atoms with E-state index in [1.807, 2.05) is 24.3 Å². The predicted molar refractivity (Wildman–Crippen MR) is 67.2 cm³/mol. The van der Waals surface area contributed by atoms with Crippen LogP contribution in [0.2, 0.25) is 0 Å². The summed E-state index contributed by atoms with van der Waals surface area (Å²) < 4.78 is 1.11. The maximum atomic E-state index is 10.7. The van der Waals surface area contributed by atoms with Gasteiger partial charge >= 0.3 is 5.97 Å². The summed E-state index contributed by atoms with van der Waals surface area (Å²) in [6, 6.07) is 7.81. The van der Waals surface area contributed by atoms with Gasteiger partial charge in [0.1, 0.15) is 5.01 Å². The third-order valence-corrected chi connectivity index (χ3v) is 3.36. The van der Waals surface area contributed by atoms with Crippen LogP contribution in [0.25, 0.3) is 10.6 Å². The largest absolute Gasteiger partial charge is 0.476 e. The standard InChI is InChI=1S/C10H6INO2S/c11-7-3-1-2-6(4-7)9-12-8(5-15-9)10(13)14/h1-5H,(H,13,14). The van der Waals surface area contributed by atoms with Crippen molar-refractivity contribution >= 4 is 39.9 Å². The zero-order valence-corrected chi connectivity index (χ0v) is 10.4. The first-order valence-corrected chi connectivity index (χ1v) is 6.07. The van der Waals surface area contributed by atoms with E-state index in [0.717, 1.165) is 14.1 Å². The molecule has 0 saturated heterocycles. The molecular formula is C10H6INO2S. The Morgan fingerprint density at radius 1 is 1.47 bits per heavy atom. The van der Waals surface area contributed by atoms with Crippen molar-refractivity contribution in [1.82, 2.24) is 4.98 Å². The van der Waals surface area contributed by atoms with E-state index in [4.69, 9.17) is 5.11 Å². The lowest BCUT2D eigenvalue weighted by Gasteiger charge is -1.95. The molecule has 15 heavy (non-hydrogen) atoms. The van der Waals surface area contributed by atoms with Crippen LogP contribution < -0.4 is 0 Å². The van der Waals surface area contributed by atoms with Crippen molar-refractivity contribution in [1.29, 1.82) is 0 Å². The highest BCUT2D eigenvalue weighted by Crippen LogP contribution is 2.24. The summed E-state index contributed by atoms with van der Waals surface area (Å²) in [5, 5.41) is 11.0. The second-order valence-electron chi connectivity index (χ2n) is 2.85. The Morgan fingerprint density at radius 2 is 2.27 bits per heavy atom. The molecule has 1 aromatic heterocycles. The normalized spacial score (nSPS) is 10.2. The SMILES string of the molecule is O=C(O)c1csc(-c2cccc(I)c2)n1. The second-order valence-corrected chi connectivity index (χ2v) is 4.96. The summed E-state index contributed by atoms with van der Waals surface area (Å²) in [6.07, 6.45) is 0. The van der Waals surface area contributed by atoms with Crippen molar-refractivity contribution < 1.29 is 9.90 Å². The van der Waals surface area contributed by atoms with Crippen molar-refractivity contribution in [2.75, 3.05) is 0 Å². The summed E-state index contributed by atoms with van der Waals surface area (Å²) >= 11 is 3.56. The number of carbonyl (C=O) groups is 1. The highest BCUT2D eigenvalue weighted by Gasteiger charge is 2.09. The van der Waals surface area contributed by atoms with Crippen molar-refractivity contribution in [2.24, 2.45) is 0 Å². The fourth-order valence-corrected chi connectivity index (χ4v) is 2.46. The van der Waals surface area contributed by atoms with Gasteiger partial charge in [0.05, 0.1) is 0 Å². The van der Waals surface area contributed by atoms with Crippen LogP contribution in [0.5, 0.6) is 0 Å². The van der Waals surface area contributed by atoms with E-state index in [1.165, 1.54) is 11.3 Å². The van der Waals surface area contributed by atoms with E-state index in [2.05, 4.69) is 27.6 Å². The second kappa shape index (κ2) is 4.28. The first-order valence-electron chi connectivity index (χ1n) is 4.11. The highest BCUT2D eigenvalue weighted by atomic mass is 127. The minimum Gasteiger partial charge on any atom is -0.476 e. The van der Waals surface area contributed by atoms with Gasteiger partial charge in [-0.25, -0.2) is 9.78 Å². The maximum absolute atomic E-state index is 10.7. The molecule has 3 nitrogen and oxygen atoms in total. The van der Waals surface area contributed by atoms with Gasteiger partial charge in [0.25, 0.3) is 0 Å². The van der Waals surface area contributed by atoms with Crippen molar-refractivity contribution in [3.63, 3.8) is 0 Å². The first-order chi connectivity index (χ1) is 7.16. The van der Waals surface area contributed by atoms with Crippen LogP contribution in [-0.4, -0.2) is 16.1 Å². The van der Waals surface area contributed by atoms with Gasteiger partial charge in [0, 0.05) is 14.5 Å². The van der Waals surface area contributed by atoms with E-state index in [9.17, 15) is 4.79 Å². The summed E-state index contributed by atoms with van der Waals surface area (Å²) in [7, 11) is 0. The van der Waals surface area contributed by atoms with E-state index >= 15 is 0 Å². The molecule has 0 aliphatic rings. The molecule has 0 aliphatic carbocycles. The molecule has 0 aliphatic heterocycles. The van der Waals surface area contributed by atoms with Gasteiger partial charge in [-0.1, -0.05) is 12.1 Å². The number of carboxylic acid groups (broad SMARTS) is 1. The van der Waals surface area contributed by atoms with Crippen LogP contribution in [0, 0.1) is 3.57 Å². The number of aromatic carboxylic acids is 1. The molecule has 0 atom stereocenters. The molecule has 0 radical (unpaired) electrons. The monoisotopic (exact) mass is 331 g/mol. The lowest BCUT2D eigenvalue weighted by molar-refractivity contribution is 0.0691. The average Bonchev–Trinajstić information content (AvgIpc) is 2.66. The number of carboxylic acids is 1. The number of hydrogen-bond donors (Lipinski definition) is 1. The molecule has 0 fully saturated rings. The van der Waals surface area contributed by atoms with Gasteiger partial charge < -0.3 is 5.11 Å². The molecule has 0 amide bonds.